The first-order valence-corrected chi connectivity index (χ1v) is 5.96. The van der Waals surface area contributed by atoms with Gasteiger partial charge in [-0.15, -0.1) is 0 Å². The monoisotopic (exact) mass is 259 g/mol. The topological polar surface area (TPSA) is 57.8 Å². The second-order valence-electron chi connectivity index (χ2n) is 4.00. The Morgan fingerprint density at radius 1 is 1.42 bits per heavy atom. The number of rotatable bonds is 4. The molecule has 0 saturated carbocycles. The molecule has 0 fully saturated rings. The van der Waals surface area contributed by atoms with E-state index in [-0.39, 0.29) is 11.7 Å². The van der Waals surface area contributed by atoms with Crippen molar-refractivity contribution in [3.63, 3.8) is 0 Å². The number of aromatic nitrogens is 2. The average molecular weight is 259 g/mol. The Bertz CT molecular complexity index is 587. The van der Waals surface area contributed by atoms with Gasteiger partial charge in [-0.25, -0.2) is 4.39 Å². The van der Waals surface area contributed by atoms with Crippen LogP contribution in [0.15, 0.2) is 36.5 Å². The molecule has 1 aromatic carbocycles. The maximum atomic E-state index is 12.7. The number of carbonyl (C=O) groups excluding carboxylic acids is 1. The highest BCUT2D eigenvalue weighted by Crippen LogP contribution is 2.11. The molecule has 0 aliphatic carbocycles. The number of anilines is 1. The number of benzene rings is 1. The number of hydrogen-bond acceptors (Lipinski definition) is 2. The molecule has 4 nitrogen and oxygen atoms in total. The van der Waals surface area contributed by atoms with Gasteiger partial charge in [-0.1, -0.05) is 19.1 Å². The normalized spacial score (nSPS) is 10.8. The molecule has 0 radical (unpaired) electrons. The first-order valence-electron chi connectivity index (χ1n) is 5.96. The van der Waals surface area contributed by atoms with E-state index in [9.17, 15) is 9.18 Å². The number of H-pyrrole nitrogens is 1. The van der Waals surface area contributed by atoms with Crippen LogP contribution in [0.1, 0.15) is 18.1 Å². The number of halogens is 1. The van der Waals surface area contributed by atoms with E-state index in [2.05, 4.69) is 15.5 Å². The van der Waals surface area contributed by atoms with E-state index in [4.69, 9.17) is 0 Å². The van der Waals surface area contributed by atoms with E-state index in [1.165, 1.54) is 18.2 Å². The Morgan fingerprint density at radius 2 is 2.16 bits per heavy atom. The number of aryl methyl sites for hydroxylation is 1. The number of aromatic amines is 1. The van der Waals surface area contributed by atoms with Crippen LogP contribution in [0.5, 0.6) is 0 Å². The van der Waals surface area contributed by atoms with Crippen LogP contribution in [0.25, 0.3) is 6.08 Å². The van der Waals surface area contributed by atoms with Gasteiger partial charge in [-0.3, -0.25) is 9.89 Å². The van der Waals surface area contributed by atoms with Gasteiger partial charge in [0, 0.05) is 11.6 Å². The molecule has 1 heterocycles. The number of hydrogen-bond donors (Lipinski definition) is 2. The molecule has 1 aromatic heterocycles. The molecule has 0 aliphatic rings. The minimum Gasteiger partial charge on any atom is -0.307 e. The molecule has 0 saturated heterocycles. The molecule has 2 rings (SSSR count). The summed E-state index contributed by atoms with van der Waals surface area (Å²) < 4.78 is 12.7. The third-order valence-corrected chi connectivity index (χ3v) is 2.64. The smallest absolute Gasteiger partial charge is 0.249 e. The van der Waals surface area contributed by atoms with Crippen LogP contribution >= 0.6 is 0 Å². The van der Waals surface area contributed by atoms with Crippen molar-refractivity contribution in [3.05, 3.63) is 53.5 Å². The second kappa shape index (κ2) is 5.95. The van der Waals surface area contributed by atoms with E-state index in [0.29, 0.717) is 5.82 Å². The van der Waals surface area contributed by atoms with E-state index < -0.39 is 0 Å². The van der Waals surface area contributed by atoms with E-state index in [1.54, 1.807) is 24.4 Å². The van der Waals surface area contributed by atoms with Gasteiger partial charge in [0.25, 0.3) is 0 Å². The summed E-state index contributed by atoms with van der Waals surface area (Å²) in [7, 11) is 0. The third-order valence-electron chi connectivity index (χ3n) is 2.64. The van der Waals surface area contributed by atoms with Crippen molar-refractivity contribution < 1.29 is 9.18 Å². The Balaban J connectivity index is 1.99. The summed E-state index contributed by atoms with van der Waals surface area (Å²) in [5.41, 5.74) is 1.71. The van der Waals surface area contributed by atoms with Gasteiger partial charge in [0.05, 0.1) is 6.20 Å². The number of amides is 1. The SMILES string of the molecule is CCc1cn[nH]c1NC(=O)/C=C/c1ccc(F)cc1. The highest BCUT2D eigenvalue weighted by molar-refractivity contribution is 6.01. The molecule has 19 heavy (non-hydrogen) atoms. The lowest BCUT2D eigenvalue weighted by atomic mass is 10.2. The van der Waals surface area contributed by atoms with Gasteiger partial charge in [-0.05, 0) is 30.2 Å². The Morgan fingerprint density at radius 3 is 2.84 bits per heavy atom. The molecule has 2 aromatic rings. The van der Waals surface area contributed by atoms with Crippen molar-refractivity contribution in [2.75, 3.05) is 5.32 Å². The fourth-order valence-corrected chi connectivity index (χ4v) is 1.60. The molecule has 0 spiro atoms. The molecule has 0 atom stereocenters. The molecular formula is C14H14FN3O. The molecule has 0 bridgehead atoms. The molecule has 5 heteroatoms. The van der Waals surface area contributed by atoms with E-state index >= 15 is 0 Å². The molecule has 0 aliphatic heterocycles. The maximum absolute atomic E-state index is 12.7. The van der Waals surface area contributed by atoms with Crippen molar-refractivity contribution in [1.29, 1.82) is 0 Å². The zero-order valence-corrected chi connectivity index (χ0v) is 10.5. The van der Waals surface area contributed by atoms with Gasteiger partial charge in [0.2, 0.25) is 5.91 Å². The summed E-state index contributed by atoms with van der Waals surface area (Å²) >= 11 is 0. The summed E-state index contributed by atoms with van der Waals surface area (Å²) in [6.45, 7) is 1.98. The lowest BCUT2D eigenvalue weighted by molar-refractivity contribution is -0.111. The highest BCUT2D eigenvalue weighted by atomic mass is 19.1. The van der Waals surface area contributed by atoms with Gasteiger partial charge < -0.3 is 5.32 Å². The summed E-state index contributed by atoms with van der Waals surface area (Å²) in [4.78, 5) is 11.7. The maximum Gasteiger partial charge on any atom is 0.249 e. The van der Waals surface area contributed by atoms with Crippen LogP contribution in [0.3, 0.4) is 0 Å². The van der Waals surface area contributed by atoms with Gasteiger partial charge in [-0.2, -0.15) is 5.10 Å². The predicted molar refractivity (Wildman–Crippen MR) is 72.0 cm³/mol. The Labute approximate surface area is 110 Å². The summed E-state index contributed by atoms with van der Waals surface area (Å²) in [6, 6.07) is 5.91. The fourth-order valence-electron chi connectivity index (χ4n) is 1.60. The average Bonchev–Trinajstić information content (AvgIpc) is 2.85. The summed E-state index contributed by atoms with van der Waals surface area (Å²) in [5.74, 6) is 0.0474. The Hall–Kier alpha value is -2.43. The minimum absolute atomic E-state index is 0.261. The largest absolute Gasteiger partial charge is 0.307 e. The van der Waals surface area contributed by atoms with E-state index in [0.717, 1.165) is 17.5 Å². The third kappa shape index (κ3) is 3.51. The van der Waals surface area contributed by atoms with Crippen LogP contribution < -0.4 is 5.32 Å². The zero-order valence-electron chi connectivity index (χ0n) is 10.5. The standard InChI is InChI=1S/C14H14FN3O/c1-2-11-9-16-18-14(11)17-13(19)8-5-10-3-6-12(15)7-4-10/h3-9H,2H2,1H3,(H2,16,17,18,19)/b8-5+. The first kappa shape index (κ1) is 13.0. The minimum atomic E-state index is -0.299. The Kier molecular flexibility index (Phi) is 4.07. The molecule has 2 N–H and O–H groups in total. The molecule has 1 amide bonds. The highest BCUT2D eigenvalue weighted by Gasteiger charge is 2.04. The van der Waals surface area contributed by atoms with Gasteiger partial charge >= 0.3 is 0 Å². The number of carbonyl (C=O) groups is 1. The lowest BCUT2D eigenvalue weighted by Gasteiger charge is -2.00. The van der Waals surface area contributed by atoms with Crippen molar-refractivity contribution in [3.8, 4) is 0 Å². The van der Waals surface area contributed by atoms with Crippen LogP contribution in [-0.2, 0) is 11.2 Å². The number of nitrogens with zero attached hydrogens (tertiary/aromatic N) is 1. The van der Waals surface area contributed by atoms with Crippen molar-refractivity contribution >= 4 is 17.8 Å². The van der Waals surface area contributed by atoms with Crippen LogP contribution in [0.2, 0.25) is 0 Å². The predicted octanol–water partition coefficient (Wildman–Crippen LogP) is 2.76. The summed E-state index contributed by atoms with van der Waals surface area (Å²) in [6.07, 6.45) is 5.48. The first-order chi connectivity index (χ1) is 9.19. The zero-order chi connectivity index (χ0) is 13.7. The fraction of sp³-hybridized carbons (Fsp3) is 0.143. The second-order valence-corrected chi connectivity index (χ2v) is 4.00. The molecule has 98 valence electrons. The van der Waals surface area contributed by atoms with E-state index in [1.807, 2.05) is 6.92 Å². The quantitative estimate of drug-likeness (QED) is 0.829. The lowest BCUT2D eigenvalue weighted by Crippen LogP contribution is -2.09. The van der Waals surface area contributed by atoms with Gasteiger partial charge in [0.1, 0.15) is 11.6 Å². The van der Waals surface area contributed by atoms with Crippen molar-refractivity contribution in [2.24, 2.45) is 0 Å². The van der Waals surface area contributed by atoms with Crippen LogP contribution in [0.4, 0.5) is 10.2 Å². The van der Waals surface area contributed by atoms with Gasteiger partial charge in [0.15, 0.2) is 0 Å². The van der Waals surface area contributed by atoms with Crippen LogP contribution in [-0.4, -0.2) is 16.1 Å². The molecule has 0 unspecified atom stereocenters. The molecular weight excluding hydrogens is 245 g/mol. The van der Waals surface area contributed by atoms with Crippen LogP contribution in [0, 0.1) is 5.82 Å². The van der Waals surface area contributed by atoms with Crippen molar-refractivity contribution in [2.45, 2.75) is 13.3 Å². The van der Waals surface area contributed by atoms with Crippen molar-refractivity contribution in [1.82, 2.24) is 10.2 Å². The summed E-state index contributed by atoms with van der Waals surface area (Å²) in [5, 5.41) is 9.30. The number of nitrogens with one attached hydrogen (secondary N) is 2.